The average Bonchev–Trinajstić information content (AvgIpc) is 2.71. The summed E-state index contributed by atoms with van der Waals surface area (Å²) in [6.45, 7) is 4.14. The molecule has 0 aliphatic heterocycles. The number of hydrogen-bond donors (Lipinski definition) is 1. The first-order valence-electron chi connectivity index (χ1n) is 5.53. The van der Waals surface area contributed by atoms with Gasteiger partial charge in [-0.15, -0.1) is 0 Å². The number of nitrogens with zero attached hydrogens (tertiary/aromatic N) is 2. The Kier molecular flexibility index (Phi) is 1.83. The quantitative estimate of drug-likeness (QED) is 0.828. The molecular formula is C12H13F2N3. The van der Waals surface area contributed by atoms with E-state index in [-0.39, 0.29) is 22.9 Å². The lowest BCUT2D eigenvalue weighted by molar-refractivity contribution is 0.504. The summed E-state index contributed by atoms with van der Waals surface area (Å²) >= 11 is 0. The minimum atomic E-state index is -0.866. The Balaban J connectivity index is 2.30. The van der Waals surface area contributed by atoms with E-state index in [9.17, 15) is 8.78 Å². The monoisotopic (exact) mass is 237 g/mol. The first-order chi connectivity index (χ1) is 7.92. The third-order valence-corrected chi connectivity index (χ3v) is 3.54. The minimum absolute atomic E-state index is 0.0699. The molecule has 1 heterocycles. The molecule has 5 heteroatoms. The second kappa shape index (κ2) is 2.97. The highest BCUT2D eigenvalue weighted by molar-refractivity contribution is 5.79. The van der Waals surface area contributed by atoms with E-state index in [1.54, 1.807) is 4.57 Å². The fourth-order valence-corrected chi connectivity index (χ4v) is 2.34. The maximum absolute atomic E-state index is 13.8. The third-order valence-electron chi connectivity index (χ3n) is 3.54. The number of rotatable bonds is 1. The zero-order valence-electron chi connectivity index (χ0n) is 9.67. The molecule has 1 saturated carbocycles. The fraction of sp³-hybridized carbons (Fsp3) is 0.417. The van der Waals surface area contributed by atoms with Crippen LogP contribution >= 0.6 is 0 Å². The highest BCUT2D eigenvalue weighted by Crippen LogP contribution is 2.57. The number of fused-ring (bicyclic) bond motifs is 1. The van der Waals surface area contributed by atoms with E-state index in [2.05, 4.69) is 18.8 Å². The summed E-state index contributed by atoms with van der Waals surface area (Å²) < 4.78 is 28.7. The second-order valence-corrected chi connectivity index (χ2v) is 5.28. The van der Waals surface area contributed by atoms with Crippen LogP contribution in [0, 0.1) is 17.0 Å². The molecule has 1 atom stereocenters. The van der Waals surface area contributed by atoms with Gasteiger partial charge >= 0.3 is 0 Å². The van der Waals surface area contributed by atoms with Gasteiger partial charge in [0.2, 0.25) is 5.95 Å². The van der Waals surface area contributed by atoms with E-state index in [4.69, 9.17) is 5.73 Å². The van der Waals surface area contributed by atoms with Gasteiger partial charge in [-0.2, -0.15) is 0 Å². The van der Waals surface area contributed by atoms with Crippen LogP contribution in [0.15, 0.2) is 12.1 Å². The van der Waals surface area contributed by atoms with Gasteiger partial charge in [0.05, 0.1) is 5.52 Å². The highest BCUT2D eigenvalue weighted by atomic mass is 19.2. The van der Waals surface area contributed by atoms with Crippen molar-refractivity contribution in [3.63, 3.8) is 0 Å². The van der Waals surface area contributed by atoms with Gasteiger partial charge in [-0.05, 0) is 24.0 Å². The van der Waals surface area contributed by atoms with E-state index >= 15 is 0 Å². The number of nitrogen functional groups attached to an aromatic ring is 1. The lowest BCUT2D eigenvalue weighted by atomic mass is 10.2. The largest absolute Gasteiger partial charge is 0.369 e. The Hall–Kier alpha value is -1.65. The van der Waals surface area contributed by atoms with Gasteiger partial charge in [-0.3, -0.25) is 0 Å². The molecule has 2 aromatic rings. The molecule has 17 heavy (non-hydrogen) atoms. The lowest BCUT2D eigenvalue weighted by Crippen LogP contribution is -2.06. The van der Waals surface area contributed by atoms with E-state index in [0.29, 0.717) is 5.52 Å². The van der Waals surface area contributed by atoms with Crippen LogP contribution in [0.25, 0.3) is 11.0 Å². The minimum Gasteiger partial charge on any atom is -0.369 e. The maximum Gasteiger partial charge on any atom is 0.201 e. The predicted molar refractivity (Wildman–Crippen MR) is 61.5 cm³/mol. The van der Waals surface area contributed by atoms with Crippen LogP contribution in [0.2, 0.25) is 0 Å². The normalized spacial score (nSPS) is 22.0. The number of nitrogens with two attached hydrogens (primary N) is 1. The number of benzene rings is 1. The van der Waals surface area contributed by atoms with Gasteiger partial charge in [-0.1, -0.05) is 13.8 Å². The maximum atomic E-state index is 13.8. The average molecular weight is 237 g/mol. The van der Waals surface area contributed by atoms with Crippen molar-refractivity contribution >= 4 is 17.0 Å². The fourth-order valence-electron chi connectivity index (χ4n) is 2.34. The summed E-state index contributed by atoms with van der Waals surface area (Å²) in [7, 11) is 0. The number of hydrogen-bond acceptors (Lipinski definition) is 2. The number of aromatic nitrogens is 2. The van der Waals surface area contributed by atoms with E-state index in [0.717, 1.165) is 12.5 Å². The van der Waals surface area contributed by atoms with Crippen LogP contribution in [-0.2, 0) is 0 Å². The van der Waals surface area contributed by atoms with E-state index in [1.165, 1.54) is 6.07 Å². The molecule has 0 spiro atoms. The third kappa shape index (κ3) is 1.34. The number of halogens is 2. The van der Waals surface area contributed by atoms with Gasteiger partial charge in [-0.25, -0.2) is 13.8 Å². The molecule has 1 aromatic carbocycles. The zero-order valence-corrected chi connectivity index (χ0v) is 9.67. The smallest absolute Gasteiger partial charge is 0.201 e. The Morgan fingerprint density at radius 1 is 1.41 bits per heavy atom. The molecular weight excluding hydrogens is 224 g/mol. The van der Waals surface area contributed by atoms with Crippen LogP contribution in [0.3, 0.4) is 0 Å². The molecule has 2 N–H and O–H groups in total. The Bertz CT molecular complexity index is 616. The Morgan fingerprint density at radius 3 is 2.65 bits per heavy atom. The molecule has 1 aromatic heterocycles. The molecule has 3 rings (SSSR count). The Morgan fingerprint density at radius 2 is 2.06 bits per heavy atom. The first-order valence-corrected chi connectivity index (χ1v) is 5.53. The molecule has 3 nitrogen and oxygen atoms in total. The van der Waals surface area contributed by atoms with Crippen molar-refractivity contribution in [2.75, 3.05) is 5.73 Å². The summed E-state index contributed by atoms with van der Waals surface area (Å²) in [6, 6.07) is 2.63. The lowest BCUT2D eigenvalue weighted by Gasteiger charge is -2.08. The van der Waals surface area contributed by atoms with E-state index in [1.807, 2.05) is 0 Å². The van der Waals surface area contributed by atoms with Crippen LogP contribution in [0.1, 0.15) is 26.3 Å². The molecule has 0 saturated heterocycles. The highest BCUT2D eigenvalue weighted by Gasteiger charge is 2.48. The summed E-state index contributed by atoms with van der Waals surface area (Å²) in [4.78, 5) is 4.08. The summed E-state index contributed by atoms with van der Waals surface area (Å²) in [5.74, 6) is -1.48. The van der Waals surface area contributed by atoms with Crippen molar-refractivity contribution < 1.29 is 8.78 Å². The van der Waals surface area contributed by atoms with Gasteiger partial charge in [0.1, 0.15) is 5.52 Å². The van der Waals surface area contributed by atoms with Gasteiger partial charge in [0.25, 0.3) is 0 Å². The molecule has 1 fully saturated rings. The van der Waals surface area contributed by atoms with Crippen LogP contribution < -0.4 is 5.73 Å². The Labute approximate surface area is 97.2 Å². The number of anilines is 1. The first kappa shape index (κ1) is 10.5. The standard InChI is InChI=1S/C12H13F2N3/c1-12(2)5-8(12)17-10-7(16-11(17)15)4-3-6(13)9(10)14/h3-4,8H,5H2,1-2H3,(H2,15,16). The van der Waals surface area contributed by atoms with Crippen molar-refractivity contribution in [2.45, 2.75) is 26.3 Å². The zero-order chi connectivity index (χ0) is 12.4. The number of imidazole rings is 1. The van der Waals surface area contributed by atoms with Crippen molar-refractivity contribution in [1.29, 1.82) is 0 Å². The van der Waals surface area contributed by atoms with Gasteiger partial charge in [0.15, 0.2) is 11.6 Å². The summed E-state index contributed by atoms with van der Waals surface area (Å²) in [5, 5.41) is 0. The molecule has 0 bridgehead atoms. The van der Waals surface area contributed by atoms with Crippen molar-refractivity contribution in [2.24, 2.45) is 5.41 Å². The van der Waals surface area contributed by atoms with Gasteiger partial charge < -0.3 is 10.3 Å². The van der Waals surface area contributed by atoms with Gasteiger partial charge in [0, 0.05) is 6.04 Å². The SMILES string of the molecule is CC1(C)CC1n1c(N)nc2ccc(F)c(F)c21. The van der Waals surface area contributed by atoms with E-state index < -0.39 is 11.6 Å². The van der Waals surface area contributed by atoms with Crippen LogP contribution in [0.4, 0.5) is 14.7 Å². The second-order valence-electron chi connectivity index (χ2n) is 5.28. The molecule has 90 valence electrons. The molecule has 0 radical (unpaired) electrons. The predicted octanol–water partition coefficient (Wildman–Crippen LogP) is 2.87. The van der Waals surface area contributed by atoms with Crippen molar-refractivity contribution in [3.8, 4) is 0 Å². The summed E-state index contributed by atoms with van der Waals surface area (Å²) in [5.41, 5.74) is 6.45. The summed E-state index contributed by atoms with van der Waals surface area (Å²) in [6.07, 6.45) is 0.901. The topological polar surface area (TPSA) is 43.8 Å². The van der Waals surface area contributed by atoms with Crippen LogP contribution in [0.5, 0.6) is 0 Å². The molecule has 0 amide bonds. The van der Waals surface area contributed by atoms with Crippen LogP contribution in [-0.4, -0.2) is 9.55 Å². The van der Waals surface area contributed by atoms with Crippen molar-refractivity contribution in [3.05, 3.63) is 23.8 Å². The molecule has 1 unspecified atom stereocenters. The molecule has 1 aliphatic rings. The molecule has 1 aliphatic carbocycles. The van der Waals surface area contributed by atoms with Crippen molar-refractivity contribution in [1.82, 2.24) is 9.55 Å².